The van der Waals surface area contributed by atoms with E-state index in [2.05, 4.69) is 12.6 Å². The van der Waals surface area contributed by atoms with Gasteiger partial charge in [-0.05, 0) is 38.1 Å². The average molecular weight is 260 g/mol. The van der Waals surface area contributed by atoms with E-state index in [-0.39, 0.29) is 11.9 Å². The lowest BCUT2D eigenvalue weighted by Crippen LogP contribution is -2.08. The van der Waals surface area contributed by atoms with Crippen LogP contribution in [0.1, 0.15) is 13.8 Å². The van der Waals surface area contributed by atoms with Crippen LogP contribution in [0, 0.1) is 0 Å². The summed E-state index contributed by atoms with van der Waals surface area (Å²) in [5, 5.41) is 0. The molecular formula is C11H16O3S2. The summed E-state index contributed by atoms with van der Waals surface area (Å²) >= 11 is 3.93. The molecule has 1 aromatic carbocycles. The van der Waals surface area contributed by atoms with E-state index in [0.29, 0.717) is 16.4 Å². The molecule has 0 heterocycles. The Morgan fingerprint density at radius 3 is 2.25 bits per heavy atom. The zero-order valence-electron chi connectivity index (χ0n) is 9.38. The lowest BCUT2D eigenvalue weighted by Gasteiger charge is -2.10. The van der Waals surface area contributed by atoms with Crippen LogP contribution >= 0.6 is 12.6 Å². The van der Waals surface area contributed by atoms with Crippen LogP contribution in [0.2, 0.25) is 0 Å². The van der Waals surface area contributed by atoms with Gasteiger partial charge in [-0.1, -0.05) is 0 Å². The monoisotopic (exact) mass is 260 g/mol. The van der Waals surface area contributed by atoms with Gasteiger partial charge in [-0.2, -0.15) is 12.6 Å². The summed E-state index contributed by atoms with van der Waals surface area (Å²) < 4.78 is 28.8. The molecule has 0 radical (unpaired) electrons. The fourth-order valence-corrected chi connectivity index (χ4v) is 2.98. The predicted octanol–water partition coefficient (Wildman–Crippen LogP) is 2.18. The molecular weight excluding hydrogens is 244 g/mol. The number of sulfone groups is 1. The standard InChI is InChI=1S/C11H16O3S2/c1-9(2)14-10-3-5-11(6-4-10)16(12,13)8-7-15/h3-6,9,15H,7-8H2,1-2H3. The zero-order valence-corrected chi connectivity index (χ0v) is 11.1. The van der Waals surface area contributed by atoms with Crippen molar-refractivity contribution in [2.75, 3.05) is 11.5 Å². The molecule has 0 aliphatic heterocycles. The average Bonchev–Trinajstić information content (AvgIpc) is 2.17. The van der Waals surface area contributed by atoms with Gasteiger partial charge in [-0.3, -0.25) is 0 Å². The Morgan fingerprint density at radius 2 is 1.81 bits per heavy atom. The first-order valence-corrected chi connectivity index (χ1v) is 7.34. The fourth-order valence-electron chi connectivity index (χ4n) is 1.24. The van der Waals surface area contributed by atoms with Crippen molar-refractivity contribution in [1.82, 2.24) is 0 Å². The first-order valence-electron chi connectivity index (χ1n) is 5.06. The summed E-state index contributed by atoms with van der Waals surface area (Å²) in [5.41, 5.74) is 0. The molecule has 0 fully saturated rings. The van der Waals surface area contributed by atoms with E-state index >= 15 is 0 Å². The molecule has 0 spiro atoms. The highest BCUT2D eigenvalue weighted by Gasteiger charge is 2.12. The zero-order chi connectivity index (χ0) is 12.2. The van der Waals surface area contributed by atoms with Gasteiger partial charge in [0.05, 0.1) is 16.8 Å². The fraction of sp³-hybridized carbons (Fsp3) is 0.455. The second-order valence-corrected chi connectivity index (χ2v) is 6.24. The van der Waals surface area contributed by atoms with Crippen molar-refractivity contribution in [3.63, 3.8) is 0 Å². The molecule has 0 bridgehead atoms. The van der Waals surface area contributed by atoms with Crippen LogP contribution in [-0.2, 0) is 9.84 Å². The summed E-state index contributed by atoms with van der Waals surface area (Å²) in [5.74, 6) is 1.06. The van der Waals surface area contributed by atoms with Crippen molar-refractivity contribution in [2.45, 2.75) is 24.8 Å². The minimum atomic E-state index is -3.19. The Kier molecular flexibility index (Phi) is 4.68. The highest BCUT2D eigenvalue weighted by atomic mass is 32.2. The number of hydrogen-bond acceptors (Lipinski definition) is 4. The van der Waals surface area contributed by atoms with Crippen LogP contribution in [0.3, 0.4) is 0 Å². The van der Waals surface area contributed by atoms with E-state index in [9.17, 15) is 8.42 Å². The number of rotatable bonds is 5. The van der Waals surface area contributed by atoms with E-state index in [0.717, 1.165) is 0 Å². The van der Waals surface area contributed by atoms with Crippen LogP contribution in [0.4, 0.5) is 0 Å². The van der Waals surface area contributed by atoms with Crippen molar-refractivity contribution in [2.24, 2.45) is 0 Å². The van der Waals surface area contributed by atoms with E-state index in [4.69, 9.17) is 4.74 Å². The molecule has 90 valence electrons. The first kappa shape index (κ1) is 13.4. The number of thiol groups is 1. The third kappa shape index (κ3) is 3.72. The van der Waals surface area contributed by atoms with Crippen molar-refractivity contribution >= 4 is 22.5 Å². The van der Waals surface area contributed by atoms with Gasteiger partial charge in [-0.25, -0.2) is 8.42 Å². The largest absolute Gasteiger partial charge is 0.491 e. The Hall–Kier alpha value is -0.680. The topological polar surface area (TPSA) is 43.4 Å². The van der Waals surface area contributed by atoms with E-state index in [1.165, 1.54) is 0 Å². The normalized spacial score (nSPS) is 11.8. The SMILES string of the molecule is CC(C)Oc1ccc(S(=O)(=O)CCS)cc1. The highest BCUT2D eigenvalue weighted by Crippen LogP contribution is 2.18. The van der Waals surface area contributed by atoms with E-state index in [1.54, 1.807) is 24.3 Å². The maximum absolute atomic E-state index is 11.7. The highest BCUT2D eigenvalue weighted by molar-refractivity contribution is 7.92. The van der Waals surface area contributed by atoms with Crippen molar-refractivity contribution in [3.05, 3.63) is 24.3 Å². The van der Waals surface area contributed by atoms with Crippen molar-refractivity contribution in [3.8, 4) is 5.75 Å². The van der Waals surface area contributed by atoms with Gasteiger partial charge in [0.25, 0.3) is 0 Å². The second-order valence-electron chi connectivity index (χ2n) is 3.68. The summed E-state index contributed by atoms with van der Waals surface area (Å²) in [6.07, 6.45) is 0.0832. The van der Waals surface area contributed by atoms with Gasteiger partial charge in [0, 0.05) is 5.75 Å². The quantitative estimate of drug-likeness (QED) is 0.825. The first-order chi connectivity index (χ1) is 7.45. The molecule has 0 unspecified atom stereocenters. The van der Waals surface area contributed by atoms with Gasteiger partial charge < -0.3 is 4.74 Å². The Bertz CT molecular complexity index is 421. The second kappa shape index (κ2) is 5.59. The summed E-state index contributed by atoms with van der Waals surface area (Å²) in [4.78, 5) is 0.317. The Labute approximate surface area is 102 Å². The maximum atomic E-state index is 11.7. The van der Waals surface area contributed by atoms with E-state index in [1.807, 2.05) is 13.8 Å². The minimum Gasteiger partial charge on any atom is -0.491 e. The molecule has 0 N–H and O–H groups in total. The number of ether oxygens (including phenoxy) is 1. The third-order valence-electron chi connectivity index (χ3n) is 1.91. The smallest absolute Gasteiger partial charge is 0.179 e. The van der Waals surface area contributed by atoms with Crippen LogP contribution in [-0.4, -0.2) is 26.0 Å². The minimum absolute atomic E-state index is 0.0560. The predicted molar refractivity (Wildman–Crippen MR) is 68.1 cm³/mol. The maximum Gasteiger partial charge on any atom is 0.179 e. The summed E-state index contributed by atoms with van der Waals surface area (Å²) in [7, 11) is -3.19. The van der Waals surface area contributed by atoms with Crippen molar-refractivity contribution < 1.29 is 13.2 Å². The molecule has 0 aliphatic carbocycles. The number of benzene rings is 1. The van der Waals surface area contributed by atoms with Crippen LogP contribution in [0.5, 0.6) is 5.75 Å². The van der Waals surface area contributed by atoms with E-state index < -0.39 is 9.84 Å². The van der Waals surface area contributed by atoms with Gasteiger partial charge in [0.2, 0.25) is 0 Å². The molecule has 0 aliphatic rings. The lowest BCUT2D eigenvalue weighted by atomic mass is 10.3. The molecule has 16 heavy (non-hydrogen) atoms. The van der Waals surface area contributed by atoms with Gasteiger partial charge in [0.1, 0.15) is 5.75 Å². The molecule has 0 saturated heterocycles. The summed E-state index contributed by atoms with van der Waals surface area (Å²) in [6, 6.07) is 6.48. The third-order valence-corrected chi connectivity index (χ3v) is 4.17. The summed E-state index contributed by atoms with van der Waals surface area (Å²) in [6.45, 7) is 3.84. The molecule has 0 saturated carbocycles. The Morgan fingerprint density at radius 1 is 1.25 bits per heavy atom. The van der Waals surface area contributed by atoms with Crippen LogP contribution < -0.4 is 4.74 Å². The van der Waals surface area contributed by atoms with Gasteiger partial charge in [-0.15, -0.1) is 0 Å². The van der Waals surface area contributed by atoms with Crippen molar-refractivity contribution in [1.29, 1.82) is 0 Å². The van der Waals surface area contributed by atoms with Crippen LogP contribution in [0.15, 0.2) is 29.2 Å². The molecule has 0 aromatic heterocycles. The molecule has 0 atom stereocenters. The number of hydrogen-bond donors (Lipinski definition) is 1. The molecule has 3 nitrogen and oxygen atoms in total. The molecule has 0 amide bonds. The van der Waals surface area contributed by atoms with Gasteiger partial charge in [0.15, 0.2) is 9.84 Å². The van der Waals surface area contributed by atoms with Crippen LogP contribution in [0.25, 0.3) is 0 Å². The van der Waals surface area contributed by atoms with Gasteiger partial charge >= 0.3 is 0 Å². The molecule has 1 aromatic rings. The lowest BCUT2D eigenvalue weighted by molar-refractivity contribution is 0.242. The molecule has 5 heteroatoms. The molecule has 1 rings (SSSR count). The Balaban J connectivity index is 2.87.